The van der Waals surface area contributed by atoms with E-state index >= 15 is 0 Å². The van der Waals surface area contributed by atoms with Crippen LogP contribution in [0.15, 0.2) is 48.5 Å². The molecule has 0 saturated heterocycles. The summed E-state index contributed by atoms with van der Waals surface area (Å²) in [6.07, 6.45) is 0. The number of para-hydroxylation sites is 1. The maximum Gasteiger partial charge on any atom is 0.243 e. The molecule has 0 atom stereocenters. The van der Waals surface area contributed by atoms with E-state index < -0.39 is 5.82 Å². The van der Waals surface area contributed by atoms with Crippen molar-refractivity contribution in [3.63, 3.8) is 0 Å². The monoisotopic (exact) mass is 283 g/mol. The zero-order valence-electron chi connectivity index (χ0n) is 11.5. The van der Waals surface area contributed by atoms with Crippen molar-refractivity contribution in [3.05, 3.63) is 59.9 Å². The third kappa shape index (κ3) is 3.80. The van der Waals surface area contributed by atoms with Crippen molar-refractivity contribution in [1.82, 2.24) is 0 Å². The lowest BCUT2D eigenvalue weighted by Crippen LogP contribution is -2.30. The number of nitrogens with one attached hydrogen (secondary N) is 1. The summed E-state index contributed by atoms with van der Waals surface area (Å²) in [6, 6.07) is 15.0. The van der Waals surface area contributed by atoms with Crippen molar-refractivity contribution in [2.75, 3.05) is 23.8 Å². The van der Waals surface area contributed by atoms with Crippen LogP contribution in [0.4, 0.5) is 15.8 Å². The van der Waals surface area contributed by atoms with E-state index in [1.165, 1.54) is 12.1 Å². The third-order valence-corrected chi connectivity index (χ3v) is 2.94. The smallest absolute Gasteiger partial charge is 0.243 e. The molecule has 0 aliphatic heterocycles. The number of carbonyl (C=O) groups excluding carboxylic acids is 1. The summed E-state index contributed by atoms with van der Waals surface area (Å²) in [5.41, 5.74) is 1.42. The van der Waals surface area contributed by atoms with Gasteiger partial charge in [0.15, 0.2) is 0 Å². The zero-order valence-corrected chi connectivity index (χ0v) is 11.5. The van der Waals surface area contributed by atoms with Crippen molar-refractivity contribution < 1.29 is 9.18 Å². The number of amides is 1. The van der Waals surface area contributed by atoms with Crippen LogP contribution in [0.3, 0.4) is 0 Å². The first-order valence-corrected chi connectivity index (χ1v) is 6.36. The largest absolute Gasteiger partial charge is 0.365 e. The second kappa shape index (κ2) is 6.53. The number of nitriles is 1. The second-order valence-corrected chi connectivity index (χ2v) is 4.55. The van der Waals surface area contributed by atoms with Gasteiger partial charge in [0.1, 0.15) is 5.82 Å². The number of anilines is 2. The molecule has 0 radical (unpaired) electrons. The molecule has 106 valence electrons. The highest BCUT2D eigenvalue weighted by Gasteiger charge is 2.10. The minimum atomic E-state index is -0.472. The van der Waals surface area contributed by atoms with E-state index in [0.29, 0.717) is 5.56 Å². The molecule has 0 unspecified atom stereocenters. The highest BCUT2D eigenvalue weighted by atomic mass is 19.1. The number of likely N-dealkylation sites (N-methyl/N-ethyl adjacent to an activating group) is 1. The summed E-state index contributed by atoms with van der Waals surface area (Å²) < 4.78 is 13.4. The standard InChI is InChI=1S/C16H14FN3O/c1-20(13-6-4-5-12(9-13)10-18)11-16(21)19-15-8-3-2-7-14(15)17/h2-9H,11H2,1H3,(H,19,21). The molecule has 2 rings (SSSR count). The average molecular weight is 283 g/mol. The molecular formula is C16H14FN3O. The number of halogens is 1. The molecule has 0 aromatic heterocycles. The molecule has 0 saturated carbocycles. The lowest BCUT2D eigenvalue weighted by Gasteiger charge is -2.19. The summed E-state index contributed by atoms with van der Waals surface area (Å²) >= 11 is 0. The Kier molecular flexibility index (Phi) is 4.52. The van der Waals surface area contributed by atoms with Gasteiger partial charge >= 0.3 is 0 Å². The van der Waals surface area contributed by atoms with Crippen LogP contribution in [0, 0.1) is 17.1 Å². The van der Waals surface area contributed by atoms with Crippen molar-refractivity contribution in [2.24, 2.45) is 0 Å². The average Bonchev–Trinajstić information content (AvgIpc) is 2.49. The van der Waals surface area contributed by atoms with E-state index in [1.54, 1.807) is 48.3 Å². The number of benzene rings is 2. The van der Waals surface area contributed by atoms with Crippen molar-refractivity contribution in [3.8, 4) is 6.07 Å². The number of hydrogen-bond acceptors (Lipinski definition) is 3. The third-order valence-electron chi connectivity index (χ3n) is 2.94. The van der Waals surface area contributed by atoms with E-state index in [0.717, 1.165) is 5.69 Å². The molecule has 0 fully saturated rings. The first-order valence-electron chi connectivity index (χ1n) is 6.36. The number of nitrogens with zero attached hydrogens (tertiary/aromatic N) is 2. The van der Waals surface area contributed by atoms with Gasteiger partial charge in [0, 0.05) is 12.7 Å². The molecule has 2 aromatic rings. The normalized spacial score (nSPS) is 9.76. The molecule has 2 aromatic carbocycles. The Morgan fingerprint density at radius 2 is 2.05 bits per heavy atom. The molecule has 0 spiro atoms. The first kappa shape index (κ1) is 14.5. The number of carbonyl (C=O) groups is 1. The molecule has 0 aliphatic carbocycles. The highest BCUT2D eigenvalue weighted by molar-refractivity contribution is 5.94. The fraction of sp³-hybridized carbons (Fsp3) is 0.125. The molecule has 0 bridgehead atoms. The van der Waals surface area contributed by atoms with Gasteiger partial charge < -0.3 is 10.2 Å². The maximum atomic E-state index is 13.4. The van der Waals surface area contributed by atoms with Gasteiger partial charge in [0.25, 0.3) is 0 Å². The Morgan fingerprint density at radius 1 is 1.29 bits per heavy atom. The summed E-state index contributed by atoms with van der Waals surface area (Å²) in [4.78, 5) is 13.6. The Labute approximate surface area is 122 Å². The van der Waals surface area contributed by atoms with Crippen LogP contribution in [-0.4, -0.2) is 19.5 Å². The van der Waals surface area contributed by atoms with Crippen LogP contribution < -0.4 is 10.2 Å². The van der Waals surface area contributed by atoms with E-state index in [9.17, 15) is 9.18 Å². The van der Waals surface area contributed by atoms with Crippen LogP contribution in [0.2, 0.25) is 0 Å². The predicted molar refractivity (Wildman–Crippen MR) is 79.5 cm³/mol. The summed E-state index contributed by atoms with van der Waals surface area (Å²) in [5.74, 6) is -0.801. The van der Waals surface area contributed by atoms with Crippen molar-refractivity contribution >= 4 is 17.3 Å². The Bertz CT molecular complexity index is 694. The number of hydrogen-bond donors (Lipinski definition) is 1. The molecule has 5 heteroatoms. The van der Waals surface area contributed by atoms with Crippen LogP contribution in [-0.2, 0) is 4.79 Å². The van der Waals surface area contributed by atoms with Gasteiger partial charge in [-0.3, -0.25) is 4.79 Å². The minimum absolute atomic E-state index is 0.0587. The summed E-state index contributed by atoms with van der Waals surface area (Å²) in [7, 11) is 1.73. The Hall–Kier alpha value is -2.87. The van der Waals surface area contributed by atoms with E-state index in [2.05, 4.69) is 5.32 Å². The van der Waals surface area contributed by atoms with Gasteiger partial charge in [-0.05, 0) is 30.3 Å². The quantitative estimate of drug-likeness (QED) is 0.938. The van der Waals surface area contributed by atoms with Gasteiger partial charge in [-0.2, -0.15) is 5.26 Å². The molecule has 0 heterocycles. The molecule has 21 heavy (non-hydrogen) atoms. The fourth-order valence-corrected chi connectivity index (χ4v) is 1.87. The van der Waals surface area contributed by atoms with E-state index in [-0.39, 0.29) is 18.1 Å². The summed E-state index contributed by atoms with van der Waals surface area (Å²) in [5, 5.41) is 11.4. The maximum absolute atomic E-state index is 13.4. The molecule has 4 nitrogen and oxygen atoms in total. The van der Waals surface area contributed by atoms with E-state index in [1.807, 2.05) is 6.07 Å². The molecular weight excluding hydrogens is 269 g/mol. The van der Waals surface area contributed by atoms with Gasteiger partial charge in [0.05, 0.1) is 23.9 Å². The van der Waals surface area contributed by atoms with Crippen molar-refractivity contribution in [1.29, 1.82) is 5.26 Å². The first-order chi connectivity index (χ1) is 10.1. The van der Waals surface area contributed by atoms with Crippen LogP contribution >= 0.6 is 0 Å². The predicted octanol–water partition coefficient (Wildman–Crippen LogP) is 2.77. The topological polar surface area (TPSA) is 56.1 Å². The SMILES string of the molecule is CN(CC(=O)Nc1ccccc1F)c1cccc(C#N)c1. The molecule has 1 N–H and O–H groups in total. The molecule has 1 amide bonds. The van der Waals surface area contributed by atoms with E-state index in [4.69, 9.17) is 5.26 Å². The number of rotatable bonds is 4. The minimum Gasteiger partial charge on any atom is -0.365 e. The Morgan fingerprint density at radius 3 is 2.76 bits per heavy atom. The molecule has 0 aliphatic rings. The second-order valence-electron chi connectivity index (χ2n) is 4.55. The van der Waals surface area contributed by atoms with Crippen molar-refractivity contribution in [2.45, 2.75) is 0 Å². The van der Waals surface area contributed by atoms with Crippen LogP contribution in [0.5, 0.6) is 0 Å². The fourth-order valence-electron chi connectivity index (χ4n) is 1.87. The summed E-state index contributed by atoms with van der Waals surface area (Å²) in [6.45, 7) is 0.0587. The Balaban J connectivity index is 2.02. The van der Waals surface area contributed by atoms with Gasteiger partial charge in [0.2, 0.25) is 5.91 Å². The van der Waals surface area contributed by atoms with Gasteiger partial charge in [-0.1, -0.05) is 18.2 Å². The van der Waals surface area contributed by atoms with Gasteiger partial charge in [-0.15, -0.1) is 0 Å². The zero-order chi connectivity index (χ0) is 15.2. The van der Waals surface area contributed by atoms with Crippen LogP contribution in [0.25, 0.3) is 0 Å². The lowest BCUT2D eigenvalue weighted by molar-refractivity contribution is -0.114. The highest BCUT2D eigenvalue weighted by Crippen LogP contribution is 2.15. The van der Waals surface area contributed by atoms with Gasteiger partial charge in [-0.25, -0.2) is 4.39 Å². The lowest BCUT2D eigenvalue weighted by atomic mass is 10.2. The van der Waals surface area contributed by atoms with Crippen LogP contribution in [0.1, 0.15) is 5.56 Å².